The third-order valence-electron chi connectivity index (χ3n) is 1.33. The normalized spacial score (nSPS) is 10.2. The minimum Gasteiger partial charge on any atom is -0.382 e. The Morgan fingerprint density at radius 1 is 1.62 bits per heavy atom. The first-order chi connectivity index (χ1) is 6.24. The van der Waals surface area contributed by atoms with Crippen molar-refractivity contribution in [3.05, 3.63) is 22.9 Å². The molecule has 13 heavy (non-hydrogen) atoms. The first-order valence-corrected chi connectivity index (χ1v) is 3.94. The number of nitrogens with zero attached hydrogens (tertiary/aromatic N) is 3. The van der Waals surface area contributed by atoms with Crippen LogP contribution >= 0.6 is 11.6 Å². The number of anilines is 1. The number of aromatic nitrogens is 2. The summed E-state index contributed by atoms with van der Waals surface area (Å²) in [5.41, 5.74) is 6.18. The topological polar surface area (TPSA) is 75.6 Å². The predicted molar refractivity (Wildman–Crippen MR) is 50.7 cm³/mol. The Hall–Kier alpha value is -1.60. The number of rotatable bonds is 2. The summed E-state index contributed by atoms with van der Waals surface area (Å²) in [6.45, 7) is 0. The van der Waals surface area contributed by atoms with Gasteiger partial charge >= 0.3 is 0 Å². The van der Waals surface area contributed by atoms with Gasteiger partial charge in [0.2, 0.25) is 0 Å². The molecular weight excluding hydrogens is 188 g/mol. The SMILES string of the molecule is N#CCC=Cc1cc(Cl)nnc1N. The van der Waals surface area contributed by atoms with Crippen molar-refractivity contribution < 1.29 is 0 Å². The van der Waals surface area contributed by atoms with Crippen LogP contribution < -0.4 is 5.73 Å². The number of hydrogen-bond acceptors (Lipinski definition) is 4. The minimum atomic E-state index is 0.283. The van der Waals surface area contributed by atoms with E-state index in [1.54, 1.807) is 18.2 Å². The summed E-state index contributed by atoms with van der Waals surface area (Å²) in [6, 6.07) is 3.57. The third-order valence-corrected chi connectivity index (χ3v) is 1.51. The van der Waals surface area contributed by atoms with Crippen LogP contribution in [-0.2, 0) is 0 Å². The molecule has 1 rings (SSSR count). The number of allylic oxidation sites excluding steroid dienone is 1. The Labute approximate surface area is 80.6 Å². The molecule has 0 unspecified atom stereocenters. The number of nitrogens with two attached hydrogens (primary N) is 1. The second-order valence-electron chi connectivity index (χ2n) is 2.27. The van der Waals surface area contributed by atoms with Crippen molar-refractivity contribution in [3.63, 3.8) is 0 Å². The average Bonchev–Trinajstić information content (AvgIpc) is 2.11. The predicted octanol–water partition coefficient (Wildman–Crippen LogP) is 1.64. The molecule has 66 valence electrons. The van der Waals surface area contributed by atoms with Crippen LogP contribution in [0.2, 0.25) is 5.15 Å². The van der Waals surface area contributed by atoms with Crippen LogP contribution in [0, 0.1) is 11.3 Å². The first-order valence-electron chi connectivity index (χ1n) is 3.56. The maximum atomic E-state index is 8.28. The first kappa shape index (κ1) is 9.49. The molecule has 0 saturated heterocycles. The molecule has 0 bridgehead atoms. The Kier molecular flexibility index (Phi) is 3.23. The molecule has 4 nitrogen and oxygen atoms in total. The highest BCUT2D eigenvalue weighted by molar-refractivity contribution is 6.29. The molecule has 1 aromatic heterocycles. The van der Waals surface area contributed by atoms with E-state index in [4.69, 9.17) is 22.6 Å². The van der Waals surface area contributed by atoms with Crippen molar-refractivity contribution in [3.8, 4) is 6.07 Å². The van der Waals surface area contributed by atoms with Crippen molar-refractivity contribution in [1.82, 2.24) is 10.2 Å². The zero-order valence-electron chi connectivity index (χ0n) is 6.74. The summed E-state index contributed by atoms with van der Waals surface area (Å²) in [6.07, 6.45) is 3.71. The molecule has 0 radical (unpaired) electrons. The lowest BCUT2D eigenvalue weighted by Gasteiger charge is -1.96. The van der Waals surface area contributed by atoms with Gasteiger partial charge in [0.1, 0.15) is 0 Å². The quantitative estimate of drug-likeness (QED) is 0.777. The Bertz CT molecular complexity index is 367. The van der Waals surface area contributed by atoms with Crippen molar-refractivity contribution in [2.75, 3.05) is 5.73 Å². The molecule has 1 heterocycles. The van der Waals surface area contributed by atoms with Gasteiger partial charge < -0.3 is 5.73 Å². The van der Waals surface area contributed by atoms with Gasteiger partial charge in [-0.1, -0.05) is 23.8 Å². The van der Waals surface area contributed by atoms with E-state index in [0.29, 0.717) is 17.8 Å². The summed E-state index contributed by atoms with van der Waals surface area (Å²) in [4.78, 5) is 0. The Morgan fingerprint density at radius 2 is 2.38 bits per heavy atom. The van der Waals surface area contributed by atoms with E-state index in [9.17, 15) is 0 Å². The van der Waals surface area contributed by atoms with Gasteiger partial charge in [-0.05, 0) is 6.07 Å². The van der Waals surface area contributed by atoms with Gasteiger partial charge in [-0.3, -0.25) is 0 Å². The lowest BCUT2D eigenvalue weighted by atomic mass is 10.2. The van der Waals surface area contributed by atoms with Gasteiger partial charge in [0.25, 0.3) is 0 Å². The number of nitrogen functional groups attached to an aromatic ring is 1. The van der Waals surface area contributed by atoms with Gasteiger partial charge in [0, 0.05) is 5.56 Å². The molecule has 0 aliphatic heterocycles. The fourth-order valence-electron chi connectivity index (χ4n) is 0.763. The highest BCUT2D eigenvalue weighted by Gasteiger charge is 1.98. The van der Waals surface area contributed by atoms with E-state index >= 15 is 0 Å². The van der Waals surface area contributed by atoms with E-state index in [0.717, 1.165) is 0 Å². The Balaban J connectivity index is 2.88. The molecule has 1 aromatic rings. The molecule has 0 aliphatic rings. The van der Waals surface area contributed by atoms with Crippen LogP contribution in [0.3, 0.4) is 0 Å². The van der Waals surface area contributed by atoms with Crippen LogP contribution in [0.15, 0.2) is 12.1 Å². The molecule has 0 amide bonds. The van der Waals surface area contributed by atoms with Crippen LogP contribution in [0.4, 0.5) is 5.82 Å². The standard InChI is InChI=1S/C8H7ClN4/c9-7-5-6(3-1-2-4-10)8(11)13-12-7/h1,3,5H,2H2,(H2,11,13). The van der Waals surface area contributed by atoms with E-state index in [-0.39, 0.29) is 5.15 Å². The van der Waals surface area contributed by atoms with Crippen molar-refractivity contribution in [2.24, 2.45) is 0 Å². The molecule has 0 spiro atoms. The highest BCUT2D eigenvalue weighted by Crippen LogP contribution is 2.13. The molecule has 0 saturated carbocycles. The highest BCUT2D eigenvalue weighted by atomic mass is 35.5. The van der Waals surface area contributed by atoms with Crippen molar-refractivity contribution in [1.29, 1.82) is 5.26 Å². The average molecular weight is 195 g/mol. The molecule has 2 N–H and O–H groups in total. The van der Waals surface area contributed by atoms with E-state index < -0.39 is 0 Å². The van der Waals surface area contributed by atoms with E-state index in [1.165, 1.54) is 0 Å². The van der Waals surface area contributed by atoms with Gasteiger partial charge in [-0.2, -0.15) is 5.26 Å². The largest absolute Gasteiger partial charge is 0.382 e. The second kappa shape index (κ2) is 4.43. The van der Waals surface area contributed by atoms with Crippen LogP contribution in [0.1, 0.15) is 12.0 Å². The Morgan fingerprint density at radius 3 is 3.08 bits per heavy atom. The fourth-order valence-corrected chi connectivity index (χ4v) is 0.918. The van der Waals surface area contributed by atoms with Crippen LogP contribution in [0.5, 0.6) is 0 Å². The number of nitriles is 1. The smallest absolute Gasteiger partial charge is 0.153 e. The van der Waals surface area contributed by atoms with Gasteiger partial charge in [-0.25, -0.2) is 0 Å². The van der Waals surface area contributed by atoms with Crippen LogP contribution in [0.25, 0.3) is 6.08 Å². The molecular formula is C8H7ClN4. The molecule has 0 aliphatic carbocycles. The summed E-state index contributed by atoms with van der Waals surface area (Å²) in [5.74, 6) is 0.304. The second-order valence-corrected chi connectivity index (χ2v) is 2.66. The summed E-state index contributed by atoms with van der Waals surface area (Å²) in [5, 5.41) is 15.7. The zero-order valence-corrected chi connectivity index (χ0v) is 7.49. The lowest BCUT2D eigenvalue weighted by molar-refractivity contribution is 1.04. The summed E-state index contributed by atoms with van der Waals surface area (Å²) in [7, 11) is 0. The third kappa shape index (κ3) is 2.73. The van der Waals surface area contributed by atoms with Gasteiger partial charge in [0.15, 0.2) is 11.0 Å². The molecule has 0 fully saturated rings. The minimum absolute atomic E-state index is 0.283. The lowest BCUT2D eigenvalue weighted by Crippen LogP contribution is -1.95. The number of halogens is 1. The summed E-state index contributed by atoms with van der Waals surface area (Å²) < 4.78 is 0. The maximum Gasteiger partial charge on any atom is 0.153 e. The maximum absolute atomic E-state index is 8.28. The fraction of sp³-hybridized carbons (Fsp3) is 0.125. The monoisotopic (exact) mass is 194 g/mol. The van der Waals surface area contributed by atoms with Crippen molar-refractivity contribution in [2.45, 2.75) is 6.42 Å². The number of hydrogen-bond donors (Lipinski definition) is 1. The van der Waals surface area contributed by atoms with Crippen LogP contribution in [-0.4, -0.2) is 10.2 Å². The van der Waals surface area contributed by atoms with Crippen molar-refractivity contribution >= 4 is 23.5 Å². The van der Waals surface area contributed by atoms with E-state index in [2.05, 4.69) is 10.2 Å². The summed E-state index contributed by atoms with van der Waals surface area (Å²) >= 11 is 5.60. The van der Waals surface area contributed by atoms with Gasteiger partial charge in [0.05, 0.1) is 12.5 Å². The van der Waals surface area contributed by atoms with Gasteiger partial charge in [-0.15, -0.1) is 10.2 Å². The molecule has 0 aromatic carbocycles. The zero-order chi connectivity index (χ0) is 9.68. The van der Waals surface area contributed by atoms with E-state index in [1.807, 2.05) is 6.07 Å². The molecule has 5 heteroatoms. The molecule has 0 atom stereocenters.